The number of nitrogens with zero attached hydrogens (tertiary/aromatic N) is 3. The van der Waals surface area contributed by atoms with Gasteiger partial charge in [-0.15, -0.1) is 0 Å². The highest BCUT2D eigenvalue weighted by atomic mass is 15.1. The van der Waals surface area contributed by atoms with E-state index in [0.717, 1.165) is 22.5 Å². The minimum absolute atomic E-state index is 0.855. The summed E-state index contributed by atoms with van der Waals surface area (Å²) in [5.41, 5.74) is 3.24. The summed E-state index contributed by atoms with van der Waals surface area (Å²) in [6.45, 7) is 1.95. The maximum atomic E-state index is 4.52. The normalized spacial score (nSPS) is 11.2. The first-order chi connectivity index (χ1) is 9.84. The molecule has 0 saturated heterocycles. The molecule has 0 fully saturated rings. The molecule has 20 heavy (non-hydrogen) atoms. The summed E-state index contributed by atoms with van der Waals surface area (Å²) in [6.07, 6.45) is 3.63. The van der Waals surface area contributed by atoms with Crippen LogP contribution in [0.4, 0.5) is 0 Å². The standard InChI is InChI=1S/C17H13N3/c1-12-10-19-17(11-18-12)20-15-8-4-2-6-13(15)14-7-3-5-9-16(14)20/h2-11H,1H3. The largest absolute Gasteiger partial charge is 0.293 e. The Balaban J connectivity index is 2.17. The molecule has 2 heterocycles. The fourth-order valence-corrected chi connectivity index (χ4v) is 2.67. The molecule has 0 N–H and O–H groups in total. The average molecular weight is 259 g/mol. The van der Waals surface area contributed by atoms with E-state index in [1.165, 1.54) is 10.8 Å². The highest BCUT2D eigenvalue weighted by Gasteiger charge is 2.11. The number of hydrogen-bond donors (Lipinski definition) is 0. The lowest BCUT2D eigenvalue weighted by Gasteiger charge is -2.05. The molecule has 0 atom stereocenters. The van der Waals surface area contributed by atoms with Gasteiger partial charge in [0.25, 0.3) is 0 Å². The van der Waals surface area contributed by atoms with E-state index in [1.807, 2.05) is 13.1 Å². The molecule has 2 aromatic carbocycles. The van der Waals surface area contributed by atoms with E-state index in [0.29, 0.717) is 0 Å². The van der Waals surface area contributed by atoms with E-state index in [4.69, 9.17) is 0 Å². The summed E-state index contributed by atoms with van der Waals surface area (Å²) in [5, 5.41) is 2.48. The Morgan fingerprint density at radius 2 is 1.35 bits per heavy atom. The monoisotopic (exact) mass is 259 g/mol. The first-order valence-corrected chi connectivity index (χ1v) is 6.62. The van der Waals surface area contributed by atoms with E-state index in [-0.39, 0.29) is 0 Å². The predicted molar refractivity (Wildman–Crippen MR) is 81.1 cm³/mol. The lowest BCUT2D eigenvalue weighted by atomic mass is 10.2. The maximum Gasteiger partial charge on any atom is 0.156 e. The quantitative estimate of drug-likeness (QED) is 0.519. The van der Waals surface area contributed by atoms with Crippen molar-refractivity contribution in [2.75, 3.05) is 0 Å². The minimum Gasteiger partial charge on any atom is -0.293 e. The third-order valence-corrected chi connectivity index (χ3v) is 3.58. The number of aryl methyl sites for hydroxylation is 1. The molecular weight excluding hydrogens is 246 g/mol. The lowest BCUT2D eigenvalue weighted by Crippen LogP contribution is -1.98. The van der Waals surface area contributed by atoms with Crippen molar-refractivity contribution in [3.8, 4) is 5.82 Å². The first kappa shape index (κ1) is 11.2. The fraction of sp³-hybridized carbons (Fsp3) is 0.0588. The Kier molecular flexibility index (Phi) is 2.33. The second-order valence-corrected chi connectivity index (χ2v) is 4.89. The van der Waals surface area contributed by atoms with Crippen LogP contribution in [-0.2, 0) is 0 Å². The SMILES string of the molecule is Cc1cnc(-n2c3ccccc3c3ccccc32)cn1. The number of benzene rings is 2. The lowest BCUT2D eigenvalue weighted by molar-refractivity contribution is 1.01. The van der Waals surface area contributed by atoms with Crippen molar-refractivity contribution >= 4 is 21.8 Å². The Labute approximate surface area is 116 Å². The van der Waals surface area contributed by atoms with Gasteiger partial charge < -0.3 is 0 Å². The summed E-state index contributed by atoms with van der Waals surface area (Å²) in [7, 11) is 0. The molecule has 96 valence electrons. The molecule has 3 heteroatoms. The topological polar surface area (TPSA) is 30.7 Å². The zero-order valence-electron chi connectivity index (χ0n) is 11.1. The van der Waals surface area contributed by atoms with Gasteiger partial charge in [0.2, 0.25) is 0 Å². The van der Waals surface area contributed by atoms with Gasteiger partial charge in [0, 0.05) is 10.8 Å². The summed E-state index contributed by atoms with van der Waals surface area (Å²) in [5.74, 6) is 0.855. The third-order valence-electron chi connectivity index (χ3n) is 3.58. The molecular formula is C17H13N3. The van der Waals surface area contributed by atoms with Crippen molar-refractivity contribution in [3.63, 3.8) is 0 Å². The van der Waals surface area contributed by atoms with Crippen LogP contribution >= 0.6 is 0 Å². The van der Waals surface area contributed by atoms with Crippen LogP contribution in [-0.4, -0.2) is 14.5 Å². The Morgan fingerprint density at radius 3 is 1.90 bits per heavy atom. The molecule has 4 aromatic rings. The van der Waals surface area contributed by atoms with Gasteiger partial charge in [-0.2, -0.15) is 0 Å². The molecule has 3 nitrogen and oxygen atoms in total. The van der Waals surface area contributed by atoms with E-state index < -0.39 is 0 Å². The third kappa shape index (κ3) is 1.53. The average Bonchev–Trinajstić information content (AvgIpc) is 2.83. The van der Waals surface area contributed by atoms with Crippen LogP contribution in [0.15, 0.2) is 60.9 Å². The van der Waals surface area contributed by atoms with Crippen LogP contribution in [0.25, 0.3) is 27.6 Å². The van der Waals surface area contributed by atoms with E-state index in [9.17, 15) is 0 Å². The van der Waals surface area contributed by atoms with Crippen LogP contribution in [0.3, 0.4) is 0 Å². The minimum atomic E-state index is 0.855. The zero-order valence-corrected chi connectivity index (χ0v) is 11.1. The Bertz CT molecular complexity index is 851. The Morgan fingerprint density at radius 1 is 0.750 bits per heavy atom. The van der Waals surface area contributed by atoms with Crippen LogP contribution in [0.5, 0.6) is 0 Å². The molecule has 0 aliphatic heterocycles. The van der Waals surface area contributed by atoms with Crippen molar-refractivity contribution in [1.29, 1.82) is 0 Å². The molecule has 0 spiro atoms. The van der Waals surface area contributed by atoms with Gasteiger partial charge in [-0.05, 0) is 19.1 Å². The number of hydrogen-bond acceptors (Lipinski definition) is 2. The Hall–Kier alpha value is -2.68. The molecule has 0 bridgehead atoms. The van der Waals surface area contributed by atoms with E-state index in [2.05, 4.69) is 63.1 Å². The van der Waals surface area contributed by atoms with Crippen molar-refractivity contribution in [1.82, 2.24) is 14.5 Å². The van der Waals surface area contributed by atoms with Gasteiger partial charge in [0.1, 0.15) is 0 Å². The highest BCUT2D eigenvalue weighted by molar-refractivity contribution is 6.08. The van der Waals surface area contributed by atoms with Gasteiger partial charge in [0.05, 0.1) is 29.1 Å². The fourth-order valence-electron chi connectivity index (χ4n) is 2.67. The number of rotatable bonds is 1. The number of aromatic nitrogens is 3. The van der Waals surface area contributed by atoms with E-state index in [1.54, 1.807) is 6.20 Å². The summed E-state index contributed by atoms with van der Waals surface area (Å²) < 4.78 is 2.16. The predicted octanol–water partition coefficient (Wildman–Crippen LogP) is 3.88. The van der Waals surface area contributed by atoms with Gasteiger partial charge >= 0.3 is 0 Å². The second kappa shape index (κ2) is 4.17. The molecule has 0 aliphatic rings. The van der Waals surface area contributed by atoms with Crippen molar-refractivity contribution in [2.45, 2.75) is 6.92 Å². The van der Waals surface area contributed by atoms with Crippen LogP contribution in [0, 0.1) is 6.92 Å². The van der Waals surface area contributed by atoms with Crippen LogP contribution < -0.4 is 0 Å². The molecule has 0 radical (unpaired) electrons. The molecule has 0 unspecified atom stereocenters. The smallest absolute Gasteiger partial charge is 0.156 e. The molecule has 0 amide bonds. The van der Waals surface area contributed by atoms with E-state index >= 15 is 0 Å². The zero-order chi connectivity index (χ0) is 13.5. The first-order valence-electron chi connectivity index (χ1n) is 6.62. The van der Waals surface area contributed by atoms with Crippen molar-refractivity contribution in [3.05, 3.63) is 66.6 Å². The van der Waals surface area contributed by atoms with Crippen LogP contribution in [0.2, 0.25) is 0 Å². The van der Waals surface area contributed by atoms with Gasteiger partial charge in [-0.25, -0.2) is 4.98 Å². The second-order valence-electron chi connectivity index (χ2n) is 4.89. The van der Waals surface area contributed by atoms with Crippen molar-refractivity contribution < 1.29 is 0 Å². The summed E-state index contributed by atoms with van der Waals surface area (Å²) in [6, 6.07) is 16.8. The maximum absolute atomic E-state index is 4.52. The number of fused-ring (bicyclic) bond motifs is 3. The molecule has 0 aliphatic carbocycles. The van der Waals surface area contributed by atoms with Gasteiger partial charge in [-0.1, -0.05) is 36.4 Å². The van der Waals surface area contributed by atoms with Crippen LogP contribution in [0.1, 0.15) is 5.69 Å². The molecule has 4 rings (SSSR count). The summed E-state index contributed by atoms with van der Waals surface area (Å²) >= 11 is 0. The van der Waals surface area contributed by atoms with Crippen molar-refractivity contribution in [2.24, 2.45) is 0 Å². The molecule has 2 aromatic heterocycles. The summed E-state index contributed by atoms with van der Waals surface area (Å²) in [4.78, 5) is 8.89. The van der Waals surface area contributed by atoms with Gasteiger partial charge in [-0.3, -0.25) is 9.55 Å². The van der Waals surface area contributed by atoms with Gasteiger partial charge in [0.15, 0.2) is 5.82 Å². The number of para-hydroxylation sites is 2. The molecule has 0 saturated carbocycles. The highest BCUT2D eigenvalue weighted by Crippen LogP contribution is 2.30.